The number of carbonyl (C=O) groups excluding carboxylic acids is 1. The van der Waals surface area contributed by atoms with Gasteiger partial charge in [0.1, 0.15) is 5.54 Å². The first kappa shape index (κ1) is 14.9. The summed E-state index contributed by atoms with van der Waals surface area (Å²) in [6.45, 7) is 5.31. The van der Waals surface area contributed by atoms with Crippen molar-refractivity contribution in [1.82, 2.24) is 5.32 Å². The molecule has 0 aromatic carbocycles. The molecule has 0 fully saturated rings. The van der Waals surface area contributed by atoms with Gasteiger partial charge in [-0.15, -0.1) is 0 Å². The van der Waals surface area contributed by atoms with E-state index in [1.807, 2.05) is 13.8 Å². The molecule has 94 valence electrons. The smallest absolute Gasteiger partial charge is 0.329 e. The molecule has 4 N–H and O–H groups in total. The van der Waals surface area contributed by atoms with Gasteiger partial charge in [-0.2, -0.15) is 0 Å². The number of nitrogens with two attached hydrogens (primary N) is 1. The molecule has 0 bridgehead atoms. The summed E-state index contributed by atoms with van der Waals surface area (Å²) in [5, 5.41) is 11.6. The first-order valence-corrected chi connectivity index (χ1v) is 5.68. The zero-order valence-electron chi connectivity index (χ0n) is 10.2. The number of aliphatic carboxylic acids is 1. The second-order valence-electron chi connectivity index (χ2n) is 4.27. The van der Waals surface area contributed by atoms with E-state index in [1.54, 1.807) is 0 Å². The molecule has 0 aliphatic heterocycles. The predicted molar refractivity (Wildman–Crippen MR) is 62.0 cm³/mol. The van der Waals surface area contributed by atoms with Gasteiger partial charge in [-0.25, -0.2) is 4.79 Å². The van der Waals surface area contributed by atoms with Gasteiger partial charge in [-0.1, -0.05) is 26.7 Å². The topological polar surface area (TPSA) is 92.4 Å². The van der Waals surface area contributed by atoms with Crippen molar-refractivity contribution < 1.29 is 14.7 Å². The fourth-order valence-corrected chi connectivity index (χ4v) is 1.53. The third kappa shape index (κ3) is 4.18. The van der Waals surface area contributed by atoms with Gasteiger partial charge in [0, 0.05) is 0 Å². The van der Waals surface area contributed by atoms with Crippen molar-refractivity contribution in [3.05, 3.63) is 0 Å². The molecule has 1 amide bonds. The van der Waals surface area contributed by atoms with Crippen molar-refractivity contribution in [1.29, 1.82) is 0 Å². The number of rotatable bonds is 7. The molecular formula is C11H22N2O3. The standard InChI is InChI=1S/C11H22N2O3/c1-4-6-8(12)9(14)13-11(3,7-5-2)10(15)16/h8H,4-7,12H2,1-3H3,(H,13,14)(H,15,16)/t8-,11?/m1/s1. The molecule has 0 aromatic rings. The number of carboxylic acid groups (broad SMARTS) is 1. The van der Waals surface area contributed by atoms with Gasteiger partial charge in [0.05, 0.1) is 6.04 Å². The second kappa shape index (κ2) is 6.48. The highest BCUT2D eigenvalue weighted by Crippen LogP contribution is 2.13. The van der Waals surface area contributed by atoms with E-state index in [0.717, 1.165) is 6.42 Å². The third-order valence-corrected chi connectivity index (χ3v) is 2.56. The lowest BCUT2D eigenvalue weighted by atomic mass is 9.95. The molecule has 5 nitrogen and oxygen atoms in total. The van der Waals surface area contributed by atoms with Crippen molar-refractivity contribution in [3.63, 3.8) is 0 Å². The fraction of sp³-hybridized carbons (Fsp3) is 0.818. The molecule has 2 atom stereocenters. The lowest BCUT2D eigenvalue weighted by Gasteiger charge is -2.27. The van der Waals surface area contributed by atoms with Crippen LogP contribution in [-0.4, -0.2) is 28.6 Å². The molecule has 0 aromatic heterocycles. The predicted octanol–water partition coefficient (Wildman–Crippen LogP) is 0.873. The maximum absolute atomic E-state index is 11.6. The van der Waals surface area contributed by atoms with Crippen LogP contribution in [0.4, 0.5) is 0 Å². The summed E-state index contributed by atoms with van der Waals surface area (Å²) in [5.41, 5.74) is 4.42. The zero-order chi connectivity index (χ0) is 12.8. The van der Waals surface area contributed by atoms with Crippen molar-refractivity contribution in [3.8, 4) is 0 Å². The minimum Gasteiger partial charge on any atom is -0.480 e. The maximum Gasteiger partial charge on any atom is 0.329 e. The van der Waals surface area contributed by atoms with E-state index in [1.165, 1.54) is 6.92 Å². The van der Waals surface area contributed by atoms with Crippen LogP contribution in [0.2, 0.25) is 0 Å². The van der Waals surface area contributed by atoms with E-state index in [4.69, 9.17) is 10.8 Å². The van der Waals surface area contributed by atoms with Crippen molar-refractivity contribution in [2.45, 2.75) is 58.0 Å². The Hall–Kier alpha value is -1.10. The Morgan fingerprint density at radius 2 is 1.94 bits per heavy atom. The van der Waals surface area contributed by atoms with Crippen LogP contribution in [0.1, 0.15) is 46.5 Å². The lowest BCUT2D eigenvalue weighted by molar-refractivity contribution is -0.147. The zero-order valence-corrected chi connectivity index (χ0v) is 10.2. The van der Waals surface area contributed by atoms with Crippen LogP contribution in [0.25, 0.3) is 0 Å². The van der Waals surface area contributed by atoms with Gasteiger partial charge in [0.2, 0.25) is 5.91 Å². The minimum absolute atomic E-state index is 0.389. The number of nitrogens with one attached hydrogen (secondary N) is 1. The summed E-state index contributed by atoms with van der Waals surface area (Å²) in [5.74, 6) is -1.41. The summed E-state index contributed by atoms with van der Waals surface area (Å²) in [6.07, 6.45) is 2.44. The highest BCUT2D eigenvalue weighted by molar-refractivity contribution is 5.89. The average molecular weight is 230 g/mol. The molecular weight excluding hydrogens is 208 g/mol. The molecule has 0 radical (unpaired) electrons. The van der Waals surface area contributed by atoms with Crippen LogP contribution >= 0.6 is 0 Å². The second-order valence-corrected chi connectivity index (χ2v) is 4.27. The van der Waals surface area contributed by atoms with E-state index in [2.05, 4.69) is 5.32 Å². The Labute approximate surface area is 96.4 Å². The van der Waals surface area contributed by atoms with Gasteiger partial charge >= 0.3 is 5.97 Å². The Kier molecular flexibility index (Phi) is 6.03. The highest BCUT2D eigenvalue weighted by atomic mass is 16.4. The van der Waals surface area contributed by atoms with Crippen molar-refractivity contribution in [2.24, 2.45) is 5.73 Å². The quantitative estimate of drug-likeness (QED) is 0.605. The number of hydrogen-bond acceptors (Lipinski definition) is 3. The van der Waals surface area contributed by atoms with Crippen LogP contribution < -0.4 is 11.1 Å². The molecule has 0 heterocycles. The Morgan fingerprint density at radius 3 is 2.31 bits per heavy atom. The highest BCUT2D eigenvalue weighted by Gasteiger charge is 2.34. The van der Waals surface area contributed by atoms with Crippen LogP contribution in [0.5, 0.6) is 0 Å². The Bertz CT molecular complexity index is 256. The van der Waals surface area contributed by atoms with Crippen LogP contribution in [0, 0.1) is 0 Å². The number of hydrogen-bond donors (Lipinski definition) is 3. The van der Waals surface area contributed by atoms with Crippen LogP contribution in [0.15, 0.2) is 0 Å². The Balaban J connectivity index is 4.52. The first-order valence-electron chi connectivity index (χ1n) is 5.68. The van der Waals surface area contributed by atoms with Gasteiger partial charge in [-0.05, 0) is 19.8 Å². The van der Waals surface area contributed by atoms with Gasteiger partial charge < -0.3 is 16.2 Å². The number of carboxylic acids is 1. The molecule has 5 heteroatoms. The molecule has 16 heavy (non-hydrogen) atoms. The minimum atomic E-state index is -1.21. The van der Waals surface area contributed by atoms with E-state index < -0.39 is 17.6 Å². The molecule has 1 unspecified atom stereocenters. The van der Waals surface area contributed by atoms with Gasteiger partial charge in [-0.3, -0.25) is 4.79 Å². The number of amides is 1. The summed E-state index contributed by atoms with van der Waals surface area (Å²) in [6, 6.07) is -0.625. The monoisotopic (exact) mass is 230 g/mol. The molecule has 0 aliphatic rings. The molecule has 0 aliphatic carbocycles. The molecule has 0 rings (SSSR count). The SMILES string of the molecule is CCC[C@@H](N)C(=O)NC(C)(CCC)C(=O)O. The first-order chi connectivity index (χ1) is 7.37. The third-order valence-electron chi connectivity index (χ3n) is 2.56. The number of carbonyl (C=O) groups is 2. The maximum atomic E-state index is 11.6. The van der Waals surface area contributed by atoms with Crippen molar-refractivity contribution >= 4 is 11.9 Å². The van der Waals surface area contributed by atoms with E-state index >= 15 is 0 Å². The lowest BCUT2D eigenvalue weighted by Crippen LogP contribution is -2.56. The molecule has 0 saturated heterocycles. The van der Waals surface area contributed by atoms with Gasteiger partial charge in [0.15, 0.2) is 0 Å². The summed E-state index contributed by atoms with van der Waals surface area (Å²) < 4.78 is 0. The van der Waals surface area contributed by atoms with Crippen LogP contribution in [-0.2, 0) is 9.59 Å². The largest absolute Gasteiger partial charge is 0.480 e. The summed E-state index contributed by atoms with van der Waals surface area (Å²) in [4.78, 5) is 22.7. The van der Waals surface area contributed by atoms with E-state index in [-0.39, 0.29) is 5.91 Å². The molecule has 0 saturated carbocycles. The fourth-order valence-electron chi connectivity index (χ4n) is 1.53. The normalized spacial score (nSPS) is 16.2. The molecule has 0 spiro atoms. The average Bonchev–Trinajstić information content (AvgIpc) is 2.18. The summed E-state index contributed by atoms with van der Waals surface area (Å²) >= 11 is 0. The van der Waals surface area contributed by atoms with E-state index in [9.17, 15) is 9.59 Å². The van der Waals surface area contributed by atoms with Gasteiger partial charge in [0.25, 0.3) is 0 Å². The van der Waals surface area contributed by atoms with E-state index in [0.29, 0.717) is 19.3 Å². The van der Waals surface area contributed by atoms with Crippen LogP contribution in [0.3, 0.4) is 0 Å². The Morgan fingerprint density at radius 1 is 1.38 bits per heavy atom. The van der Waals surface area contributed by atoms with Crippen molar-refractivity contribution in [2.75, 3.05) is 0 Å². The summed E-state index contributed by atoms with van der Waals surface area (Å²) in [7, 11) is 0.